The van der Waals surface area contributed by atoms with Crippen molar-refractivity contribution in [2.75, 3.05) is 18.0 Å². The van der Waals surface area contributed by atoms with E-state index in [1.54, 1.807) is 12.1 Å². The summed E-state index contributed by atoms with van der Waals surface area (Å²) >= 11 is 1.37. The van der Waals surface area contributed by atoms with Gasteiger partial charge in [-0.25, -0.2) is 9.37 Å². The first-order chi connectivity index (χ1) is 12.5. The molecule has 7 heteroatoms. The molecule has 1 aromatic carbocycles. The summed E-state index contributed by atoms with van der Waals surface area (Å²) in [4.78, 5) is 19.2. The third-order valence-electron chi connectivity index (χ3n) is 4.80. The Bertz CT molecular complexity index is 733. The van der Waals surface area contributed by atoms with Crippen molar-refractivity contribution >= 4 is 22.6 Å². The molecule has 2 heterocycles. The quantitative estimate of drug-likeness (QED) is 0.839. The zero-order valence-corrected chi connectivity index (χ0v) is 16.1. The molecule has 1 amide bonds. The molecule has 5 nitrogen and oxygen atoms in total. The Morgan fingerprint density at radius 3 is 2.92 bits per heavy atom. The molecule has 0 spiro atoms. The molecule has 26 heavy (non-hydrogen) atoms. The van der Waals surface area contributed by atoms with Crippen LogP contribution in [-0.2, 0) is 11.2 Å². The molecular weight excluding hydrogens is 351 g/mol. The number of benzene rings is 1. The number of carbonyl (C=O) groups is 1. The molecule has 2 atom stereocenters. The van der Waals surface area contributed by atoms with E-state index in [0.29, 0.717) is 13.0 Å². The number of aromatic nitrogens is 2. The van der Waals surface area contributed by atoms with Gasteiger partial charge in [-0.15, -0.1) is 0 Å². The van der Waals surface area contributed by atoms with E-state index in [0.717, 1.165) is 42.3 Å². The molecule has 1 aliphatic heterocycles. The number of hydrogen-bond acceptors (Lipinski definition) is 5. The van der Waals surface area contributed by atoms with Gasteiger partial charge in [0.15, 0.2) is 0 Å². The van der Waals surface area contributed by atoms with Gasteiger partial charge in [0.25, 0.3) is 0 Å². The molecule has 1 saturated heterocycles. The van der Waals surface area contributed by atoms with Crippen LogP contribution in [0, 0.1) is 11.7 Å². The fraction of sp³-hybridized carbons (Fsp3) is 0.526. The van der Waals surface area contributed by atoms with Crippen LogP contribution in [0.2, 0.25) is 0 Å². The lowest BCUT2D eigenvalue weighted by molar-refractivity contribution is -0.125. The average molecular weight is 377 g/mol. The van der Waals surface area contributed by atoms with E-state index >= 15 is 0 Å². The molecule has 1 aliphatic rings. The highest BCUT2D eigenvalue weighted by Crippen LogP contribution is 2.25. The Hall–Kier alpha value is -2.02. The van der Waals surface area contributed by atoms with E-state index in [9.17, 15) is 9.18 Å². The summed E-state index contributed by atoms with van der Waals surface area (Å²) in [6.07, 6.45) is 3.42. The predicted molar refractivity (Wildman–Crippen MR) is 102 cm³/mol. The van der Waals surface area contributed by atoms with Gasteiger partial charge in [-0.2, -0.15) is 4.37 Å². The summed E-state index contributed by atoms with van der Waals surface area (Å²) in [7, 11) is 0. The molecule has 1 aromatic heterocycles. The predicted octanol–water partition coefficient (Wildman–Crippen LogP) is 3.40. The van der Waals surface area contributed by atoms with Crippen LogP contribution in [0.4, 0.5) is 9.52 Å². The Morgan fingerprint density at radius 2 is 2.19 bits per heavy atom. The average Bonchev–Trinajstić information content (AvgIpc) is 3.12. The zero-order chi connectivity index (χ0) is 18.5. The van der Waals surface area contributed by atoms with Crippen molar-refractivity contribution in [2.45, 2.75) is 45.6 Å². The third kappa shape index (κ3) is 4.78. The molecule has 3 rings (SSSR count). The number of nitrogens with zero attached hydrogens (tertiary/aromatic N) is 3. The number of anilines is 1. The van der Waals surface area contributed by atoms with Crippen molar-refractivity contribution < 1.29 is 9.18 Å². The van der Waals surface area contributed by atoms with Gasteiger partial charge in [0.05, 0.1) is 5.92 Å². The van der Waals surface area contributed by atoms with E-state index < -0.39 is 0 Å². The van der Waals surface area contributed by atoms with Crippen LogP contribution in [0.1, 0.15) is 44.5 Å². The first-order valence-corrected chi connectivity index (χ1v) is 9.95. The zero-order valence-electron chi connectivity index (χ0n) is 15.2. The summed E-state index contributed by atoms with van der Waals surface area (Å²) in [5, 5.41) is 3.95. The first-order valence-electron chi connectivity index (χ1n) is 9.17. The summed E-state index contributed by atoms with van der Waals surface area (Å²) in [6, 6.07) is 6.63. The normalized spacial score (nSPS) is 18.6. The highest BCUT2D eigenvalue weighted by Gasteiger charge is 2.28. The fourth-order valence-electron chi connectivity index (χ4n) is 3.06. The molecule has 1 N–H and O–H groups in total. The molecule has 2 aromatic rings. The van der Waals surface area contributed by atoms with Crippen LogP contribution >= 0.6 is 11.5 Å². The highest BCUT2D eigenvalue weighted by atomic mass is 32.1. The Morgan fingerprint density at radius 1 is 1.42 bits per heavy atom. The number of rotatable bonds is 6. The molecule has 1 fully saturated rings. The van der Waals surface area contributed by atoms with Crippen molar-refractivity contribution in [3.05, 3.63) is 41.5 Å². The summed E-state index contributed by atoms with van der Waals surface area (Å²) in [5.41, 5.74) is 0.986. The van der Waals surface area contributed by atoms with Gasteiger partial charge in [-0.3, -0.25) is 4.79 Å². The summed E-state index contributed by atoms with van der Waals surface area (Å²) in [6.45, 7) is 5.69. The summed E-state index contributed by atoms with van der Waals surface area (Å²) < 4.78 is 17.4. The fourth-order valence-corrected chi connectivity index (χ4v) is 3.78. The standard InChI is InChI=1S/C19H25FN4OS/c1-3-13(2)21-18(25)15-5-4-10-24(12-15)19-22-17(23-26-19)11-14-6-8-16(20)9-7-14/h6-9,13,15H,3-5,10-12H2,1-2H3,(H,21,25). The maximum absolute atomic E-state index is 13.0. The number of hydrogen-bond donors (Lipinski definition) is 1. The summed E-state index contributed by atoms with van der Waals surface area (Å²) in [5.74, 6) is 0.640. The van der Waals surface area contributed by atoms with E-state index in [4.69, 9.17) is 0 Å². The van der Waals surface area contributed by atoms with E-state index in [2.05, 4.69) is 26.5 Å². The van der Waals surface area contributed by atoms with Crippen LogP contribution < -0.4 is 10.2 Å². The molecular formula is C19H25FN4OS. The monoisotopic (exact) mass is 376 g/mol. The Labute approximate surface area is 157 Å². The van der Waals surface area contributed by atoms with E-state index in [-0.39, 0.29) is 23.7 Å². The second-order valence-electron chi connectivity index (χ2n) is 6.90. The van der Waals surface area contributed by atoms with Crippen LogP contribution in [-0.4, -0.2) is 34.4 Å². The lowest BCUT2D eigenvalue weighted by atomic mass is 9.97. The van der Waals surface area contributed by atoms with Crippen LogP contribution in [0.3, 0.4) is 0 Å². The lowest BCUT2D eigenvalue weighted by Gasteiger charge is -2.32. The first kappa shape index (κ1) is 18.8. The number of nitrogens with one attached hydrogen (secondary N) is 1. The molecule has 0 saturated carbocycles. The van der Waals surface area contributed by atoms with Crippen molar-refractivity contribution in [3.63, 3.8) is 0 Å². The van der Waals surface area contributed by atoms with Crippen LogP contribution in [0.15, 0.2) is 24.3 Å². The number of halogens is 1. The number of piperidine rings is 1. The Kier molecular flexibility index (Phi) is 6.19. The van der Waals surface area contributed by atoms with Gasteiger partial charge >= 0.3 is 0 Å². The number of amides is 1. The topological polar surface area (TPSA) is 58.1 Å². The van der Waals surface area contributed by atoms with Crippen molar-refractivity contribution in [2.24, 2.45) is 5.92 Å². The molecule has 0 radical (unpaired) electrons. The maximum atomic E-state index is 13.0. The van der Waals surface area contributed by atoms with Crippen LogP contribution in [0.5, 0.6) is 0 Å². The highest BCUT2D eigenvalue weighted by molar-refractivity contribution is 7.09. The molecule has 0 aliphatic carbocycles. The van der Waals surface area contributed by atoms with Gasteiger partial charge in [0, 0.05) is 37.1 Å². The van der Waals surface area contributed by atoms with Crippen molar-refractivity contribution in [3.8, 4) is 0 Å². The van der Waals surface area contributed by atoms with Gasteiger partial charge < -0.3 is 10.2 Å². The van der Waals surface area contributed by atoms with Crippen molar-refractivity contribution in [1.82, 2.24) is 14.7 Å². The van der Waals surface area contributed by atoms with Gasteiger partial charge in [0.2, 0.25) is 11.0 Å². The van der Waals surface area contributed by atoms with Crippen molar-refractivity contribution in [1.29, 1.82) is 0 Å². The molecule has 2 unspecified atom stereocenters. The third-order valence-corrected chi connectivity index (χ3v) is 5.61. The minimum atomic E-state index is -0.240. The van der Waals surface area contributed by atoms with E-state index in [1.165, 1.54) is 23.7 Å². The SMILES string of the molecule is CCC(C)NC(=O)C1CCCN(c2nc(Cc3ccc(F)cc3)ns2)C1. The number of carbonyl (C=O) groups excluding carboxylic acids is 1. The van der Waals surface area contributed by atoms with Gasteiger partial charge in [-0.05, 0) is 43.9 Å². The van der Waals surface area contributed by atoms with Gasteiger partial charge in [0.1, 0.15) is 11.6 Å². The lowest BCUT2D eigenvalue weighted by Crippen LogP contribution is -2.45. The minimum Gasteiger partial charge on any atom is -0.353 e. The maximum Gasteiger partial charge on any atom is 0.225 e. The Balaban J connectivity index is 1.61. The largest absolute Gasteiger partial charge is 0.353 e. The van der Waals surface area contributed by atoms with E-state index in [1.807, 2.05) is 6.92 Å². The van der Waals surface area contributed by atoms with Gasteiger partial charge in [-0.1, -0.05) is 19.1 Å². The van der Waals surface area contributed by atoms with Crippen LogP contribution in [0.25, 0.3) is 0 Å². The molecule has 0 bridgehead atoms. The second-order valence-corrected chi connectivity index (χ2v) is 7.63. The molecule has 140 valence electrons. The smallest absolute Gasteiger partial charge is 0.225 e. The second kappa shape index (κ2) is 8.58. The minimum absolute atomic E-state index is 0.00204.